The van der Waals surface area contributed by atoms with Gasteiger partial charge in [-0.1, -0.05) is 0 Å². The molecule has 3 rings (SSSR count). The summed E-state index contributed by atoms with van der Waals surface area (Å²) in [5.41, 5.74) is 1.75. The molecule has 0 bridgehead atoms. The van der Waals surface area contributed by atoms with Crippen molar-refractivity contribution in [1.29, 1.82) is 0 Å². The van der Waals surface area contributed by atoms with Crippen molar-refractivity contribution in [1.82, 2.24) is 9.97 Å². The summed E-state index contributed by atoms with van der Waals surface area (Å²) in [5, 5.41) is 8.94. The van der Waals surface area contributed by atoms with Crippen LogP contribution in [0.15, 0.2) is 22.8 Å². The zero-order valence-corrected chi connectivity index (χ0v) is 11.7. The van der Waals surface area contributed by atoms with Crippen molar-refractivity contribution in [3.05, 3.63) is 28.6 Å². The van der Waals surface area contributed by atoms with Crippen LogP contribution >= 0.6 is 15.9 Å². The summed E-state index contributed by atoms with van der Waals surface area (Å²) in [7, 11) is 0. The molecule has 1 aromatic carbocycles. The van der Waals surface area contributed by atoms with Gasteiger partial charge in [0, 0.05) is 12.0 Å². The Hall–Kier alpha value is -1.53. The maximum absolute atomic E-state index is 8.94. The number of H-pyrrole nitrogens is 1. The van der Waals surface area contributed by atoms with Crippen molar-refractivity contribution < 1.29 is 14.6 Å². The number of ether oxygens (including phenoxy) is 2. The summed E-state index contributed by atoms with van der Waals surface area (Å²) in [6.07, 6.45) is 0.503. The van der Waals surface area contributed by atoms with Crippen LogP contribution in [0.4, 0.5) is 0 Å². The largest absolute Gasteiger partial charge is 0.486 e. The van der Waals surface area contributed by atoms with E-state index in [4.69, 9.17) is 14.6 Å². The third-order valence-electron chi connectivity index (χ3n) is 2.87. The van der Waals surface area contributed by atoms with Gasteiger partial charge in [0.05, 0.1) is 6.61 Å². The second-order valence-electron chi connectivity index (χ2n) is 4.18. The summed E-state index contributed by atoms with van der Waals surface area (Å²) in [6.45, 7) is 1.22. The Morgan fingerprint density at radius 1 is 1.26 bits per heavy atom. The van der Waals surface area contributed by atoms with Crippen LogP contribution in [0.3, 0.4) is 0 Å². The van der Waals surface area contributed by atoms with Crippen molar-refractivity contribution >= 4 is 15.9 Å². The van der Waals surface area contributed by atoms with Crippen molar-refractivity contribution in [2.45, 2.75) is 6.42 Å². The molecule has 5 nitrogen and oxygen atoms in total. The average molecular weight is 325 g/mol. The van der Waals surface area contributed by atoms with E-state index in [-0.39, 0.29) is 6.61 Å². The quantitative estimate of drug-likeness (QED) is 0.907. The highest BCUT2D eigenvalue weighted by Crippen LogP contribution is 2.36. The smallest absolute Gasteiger partial charge is 0.162 e. The highest BCUT2D eigenvalue weighted by molar-refractivity contribution is 9.10. The number of aliphatic hydroxyl groups is 1. The zero-order valence-electron chi connectivity index (χ0n) is 10.1. The number of aromatic nitrogens is 2. The Morgan fingerprint density at radius 3 is 2.84 bits per heavy atom. The number of fused-ring (bicyclic) bond motifs is 1. The summed E-state index contributed by atoms with van der Waals surface area (Å²) >= 11 is 3.45. The third kappa shape index (κ3) is 2.46. The SMILES string of the molecule is OCCc1nc(-c2ccc3c(c2)OCCO3)c(Br)[nH]1. The Kier molecular flexibility index (Phi) is 3.44. The molecule has 1 aliphatic heterocycles. The van der Waals surface area contributed by atoms with Gasteiger partial charge in [-0.2, -0.15) is 0 Å². The molecule has 0 spiro atoms. The summed E-state index contributed by atoms with van der Waals surface area (Å²) in [6, 6.07) is 5.74. The number of nitrogens with one attached hydrogen (secondary N) is 1. The van der Waals surface area contributed by atoms with Gasteiger partial charge in [0.15, 0.2) is 11.5 Å². The number of hydrogen-bond donors (Lipinski definition) is 2. The molecule has 2 N–H and O–H groups in total. The maximum Gasteiger partial charge on any atom is 0.162 e. The molecule has 6 heteroatoms. The standard InChI is InChI=1S/C13H13BrN2O3/c14-13-12(15-11(16-13)3-4-17)8-1-2-9-10(7-8)19-6-5-18-9/h1-2,7,17H,3-6H2,(H,15,16). The van der Waals surface area contributed by atoms with E-state index in [0.29, 0.717) is 19.6 Å². The van der Waals surface area contributed by atoms with Gasteiger partial charge in [0.1, 0.15) is 29.3 Å². The lowest BCUT2D eigenvalue weighted by Crippen LogP contribution is -2.15. The van der Waals surface area contributed by atoms with Crippen LogP contribution in [-0.2, 0) is 6.42 Å². The molecule has 0 fully saturated rings. The van der Waals surface area contributed by atoms with Crippen LogP contribution < -0.4 is 9.47 Å². The van der Waals surface area contributed by atoms with Gasteiger partial charge in [-0.3, -0.25) is 0 Å². The summed E-state index contributed by atoms with van der Waals surface area (Å²) in [4.78, 5) is 7.56. The molecule has 2 heterocycles. The minimum atomic E-state index is 0.0700. The van der Waals surface area contributed by atoms with E-state index < -0.39 is 0 Å². The number of rotatable bonds is 3. The van der Waals surface area contributed by atoms with Crippen LogP contribution in [0.1, 0.15) is 5.82 Å². The van der Waals surface area contributed by atoms with Gasteiger partial charge >= 0.3 is 0 Å². The van der Waals surface area contributed by atoms with Crippen LogP contribution in [0.2, 0.25) is 0 Å². The number of aromatic amines is 1. The molecule has 2 aromatic rings. The molecule has 19 heavy (non-hydrogen) atoms. The number of halogens is 1. The fraction of sp³-hybridized carbons (Fsp3) is 0.308. The van der Waals surface area contributed by atoms with Gasteiger partial charge < -0.3 is 19.6 Å². The average Bonchev–Trinajstić information content (AvgIpc) is 2.79. The van der Waals surface area contributed by atoms with Crippen molar-refractivity contribution in [2.75, 3.05) is 19.8 Å². The molecular formula is C13H13BrN2O3. The lowest BCUT2D eigenvalue weighted by atomic mass is 10.1. The Balaban J connectivity index is 1.97. The Labute approximate surface area is 118 Å². The predicted molar refractivity (Wildman–Crippen MR) is 73.5 cm³/mol. The highest BCUT2D eigenvalue weighted by Gasteiger charge is 2.15. The van der Waals surface area contributed by atoms with E-state index in [1.807, 2.05) is 18.2 Å². The minimum absolute atomic E-state index is 0.0700. The molecule has 100 valence electrons. The maximum atomic E-state index is 8.94. The first kappa shape index (κ1) is 12.5. The van der Waals surface area contributed by atoms with Crippen molar-refractivity contribution in [2.24, 2.45) is 0 Å². The summed E-state index contributed by atoms with van der Waals surface area (Å²) in [5.74, 6) is 2.25. The monoisotopic (exact) mass is 324 g/mol. The minimum Gasteiger partial charge on any atom is -0.486 e. The topological polar surface area (TPSA) is 67.4 Å². The molecule has 0 radical (unpaired) electrons. The highest BCUT2D eigenvalue weighted by atomic mass is 79.9. The van der Waals surface area contributed by atoms with E-state index in [9.17, 15) is 0 Å². The second kappa shape index (κ2) is 5.22. The predicted octanol–water partition coefficient (Wildman–Crippen LogP) is 2.15. The van der Waals surface area contributed by atoms with Gasteiger partial charge in [-0.05, 0) is 34.1 Å². The third-order valence-corrected chi connectivity index (χ3v) is 3.45. The fourth-order valence-electron chi connectivity index (χ4n) is 2.00. The molecule has 1 aliphatic rings. The number of imidazole rings is 1. The molecule has 0 amide bonds. The van der Waals surface area contributed by atoms with E-state index in [1.165, 1.54) is 0 Å². The van der Waals surface area contributed by atoms with Gasteiger partial charge in [-0.25, -0.2) is 4.98 Å². The summed E-state index contributed by atoms with van der Waals surface area (Å²) < 4.78 is 11.9. The number of benzene rings is 1. The first-order valence-electron chi connectivity index (χ1n) is 6.03. The van der Waals surface area contributed by atoms with Gasteiger partial charge in [-0.15, -0.1) is 0 Å². The first-order valence-corrected chi connectivity index (χ1v) is 6.82. The number of hydrogen-bond acceptors (Lipinski definition) is 4. The van der Waals surface area contributed by atoms with Crippen LogP contribution in [0, 0.1) is 0 Å². The van der Waals surface area contributed by atoms with Crippen molar-refractivity contribution in [3.63, 3.8) is 0 Å². The second-order valence-corrected chi connectivity index (χ2v) is 4.97. The van der Waals surface area contributed by atoms with Gasteiger partial charge in [0.2, 0.25) is 0 Å². The molecule has 0 unspecified atom stereocenters. The lowest BCUT2D eigenvalue weighted by Gasteiger charge is -2.18. The number of aliphatic hydroxyl groups excluding tert-OH is 1. The van der Waals surface area contributed by atoms with Crippen LogP contribution in [0.5, 0.6) is 11.5 Å². The Bertz CT molecular complexity index is 598. The fourth-order valence-corrected chi connectivity index (χ4v) is 2.55. The molecule has 0 atom stereocenters. The molecule has 1 aromatic heterocycles. The first-order chi connectivity index (χ1) is 9.28. The lowest BCUT2D eigenvalue weighted by molar-refractivity contribution is 0.171. The van der Waals surface area contributed by atoms with E-state index in [2.05, 4.69) is 25.9 Å². The molecule has 0 aliphatic carbocycles. The van der Waals surface area contributed by atoms with Crippen LogP contribution in [-0.4, -0.2) is 34.9 Å². The zero-order chi connectivity index (χ0) is 13.2. The van der Waals surface area contributed by atoms with E-state index in [0.717, 1.165) is 33.2 Å². The van der Waals surface area contributed by atoms with Crippen LogP contribution in [0.25, 0.3) is 11.3 Å². The normalized spacial score (nSPS) is 13.6. The number of nitrogens with zero attached hydrogens (tertiary/aromatic N) is 1. The molecule has 0 saturated heterocycles. The van der Waals surface area contributed by atoms with E-state index in [1.54, 1.807) is 0 Å². The molecular weight excluding hydrogens is 312 g/mol. The Morgan fingerprint density at radius 2 is 2.05 bits per heavy atom. The van der Waals surface area contributed by atoms with Gasteiger partial charge in [0.25, 0.3) is 0 Å². The van der Waals surface area contributed by atoms with E-state index >= 15 is 0 Å². The van der Waals surface area contributed by atoms with Crippen molar-refractivity contribution in [3.8, 4) is 22.8 Å². The molecule has 0 saturated carbocycles.